The van der Waals surface area contributed by atoms with Gasteiger partial charge in [-0.25, -0.2) is 4.79 Å². The van der Waals surface area contributed by atoms with Crippen molar-refractivity contribution in [3.63, 3.8) is 0 Å². The Morgan fingerprint density at radius 2 is 1.92 bits per heavy atom. The van der Waals surface area contributed by atoms with Crippen molar-refractivity contribution in [1.82, 2.24) is 4.90 Å². The molecule has 0 spiro atoms. The highest BCUT2D eigenvalue weighted by molar-refractivity contribution is 6.15. The minimum Gasteiger partial charge on any atom is -0.275 e. The average molecular weight is 341 g/mol. The summed E-state index contributed by atoms with van der Waals surface area (Å²) in [6.07, 6.45) is 5.19. The van der Waals surface area contributed by atoms with Crippen molar-refractivity contribution in [3.05, 3.63) is 11.6 Å². The third-order valence-electron chi connectivity index (χ3n) is 3.69. The molecule has 0 fully saturated rings. The lowest BCUT2D eigenvalue weighted by Crippen LogP contribution is -2.31. The van der Waals surface area contributed by atoms with Crippen LogP contribution in [0.15, 0.2) is 11.6 Å². The predicted octanol–water partition coefficient (Wildman–Crippen LogP) is 2.85. The maximum absolute atomic E-state index is 11.7. The number of hydrogen-bond acceptors (Lipinski definition) is 6. The minimum atomic E-state index is -0.506. The summed E-state index contributed by atoms with van der Waals surface area (Å²) in [7, 11) is 0. The fourth-order valence-corrected chi connectivity index (χ4v) is 2.40. The summed E-state index contributed by atoms with van der Waals surface area (Å²) in [5.74, 6) is -1.01. The van der Waals surface area contributed by atoms with E-state index in [4.69, 9.17) is 4.89 Å². The number of nitrogens with zero attached hydrogens (tertiary/aromatic N) is 1. The number of hydrogen-bond donors (Lipinski definition) is 0. The van der Waals surface area contributed by atoms with Crippen molar-refractivity contribution < 1.29 is 29.2 Å². The first-order valence-electron chi connectivity index (χ1n) is 8.36. The van der Waals surface area contributed by atoms with E-state index in [-0.39, 0.29) is 18.2 Å². The summed E-state index contributed by atoms with van der Waals surface area (Å²) in [6, 6.07) is 0. The highest BCUT2D eigenvalue weighted by atomic mass is 17.5. The van der Waals surface area contributed by atoms with Crippen LogP contribution in [0.2, 0.25) is 0 Å². The Morgan fingerprint density at radius 3 is 2.50 bits per heavy atom. The lowest BCUT2D eigenvalue weighted by molar-refractivity contribution is -0.517. The van der Waals surface area contributed by atoms with Gasteiger partial charge in [-0.3, -0.25) is 19.4 Å². The number of rotatable bonds is 11. The lowest BCUT2D eigenvalue weighted by Gasteiger charge is -2.20. The first kappa shape index (κ1) is 20.3. The summed E-state index contributed by atoms with van der Waals surface area (Å²) in [5.41, 5.74) is -0.0394. The number of unbranched alkanes of at least 4 members (excludes halogenated alkanes) is 2. The SMILES string of the molecule is CCCC(C)(C)OOOC(=O)CCCCCN1C(=O)C=C(C)C1=O. The van der Waals surface area contributed by atoms with Crippen molar-refractivity contribution in [2.24, 2.45) is 0 Å². The van der Waals surface area contributed by atoms with Crippen LogP contribution < -0.4 is 0 Å². The minimum absolute atomic E-state index is 0.191. The van der Waals surface area contributed by atoms with Gasteiger partial charge in [-0.2, -0.15) is 4.89 Å². The summed E-state index contributed by atoms with van der Waals surface area (Å²) < 4.78 is 0. The van der Waals surface area contributed by atoms with Crippen molar-refractivity contribution in [3.8, 4) is 0 Å². The Morgan fingerprint density at radius 1 is 1.21 bits per heavy atom. The molecule has 0 atom stereocenters. The molecule has 7 nitrogen and oxygen atoms in total. The highest BCUT2D eigenvalue weighted by Gasteiger charge is 2.27. The first-order chi connectivity index (χ1) is 11.3. The van der Waals surface area contributed by atoms with E-state index in [1.54, 1.807) is 6.92 Å². The Labute approximate surface area is 142 Å². The van der Waals surface area contributed by atoms with E-state index in [9.17, 15) is 14.4 Å². The molecule has 0 aliphatic carbocycles. The van der Waals surface area contributed by atoms with Gasteiger partial charge < -0.3 is 0 Å². The number of imide groups is 1. The number of carbonyl (C=O) groups is 3. The quantitative estimate of drug-likeness (QED) is 0.249. The van der Waals surface area contributed by atoms with Gasteiger partial charge in [-0.1, -0.05) is 19.8 Å². The molecule has 1 aliphatic rings. The molecule has 0 bridgehead atoms. The van der Waals surface area contributed by atoms with Crippen LogP contribution in [0.4, 0.5) is 0 Å². The fraction of sp³-hybridized carbons (Fsp3) is 0.706. The van der Waals surface area contributed by atoms with Gasteiger partial charge in [0.2, 0.25) is 0 Å². The smallest absolute Gasteiger partial charge is 0.275 e. The van der Waals surface area contributed by atoms with Crippen LogP contribution in [0, 0.1) is 0 Å². The fourth-order valence-electron chi connectivity index (χ4n) is 2.40. The first-order valence-corrected chi connectivity index (χ1v) is 8.36. The Kier molecular flexibility index (Phi) is 8.07. The summed E-state index contributed by atoms with van der Waals surface area (Å²) in [5, 5.41) is 4.54. The van der Waals surface area contributed by atoms with Gasteiger partial charge >= 0.3 is 5.97 Å². The molecule has 24 heavy (non-hydrogen) atoms. The molecule has 0 N–H and O–H groups in total. The van der Waals surface area contributed by atoms with Gasteiger partial charge in [-0.05, 0) is 45.1 Å². The molecule has 0 aromatic carbocycles. The Bertz CT molecular complexity index is 497. The van der Waals surface area contributed by atoms with Crippen LogP contribution in [0.1, 0.15) is 66.2 Å². The van der Waals surface area contributed by atoms with Gasteiger partial charge in [0.05, 0.1) is 0 Å². The summed E-state index contributed by atoms with van der Waals surface area (Å²) in [4.78, 5) is 45.5. The molecule has 1 rings (SSSR count). The van der Waals surface area contributed by atoms with E-state index >= 15 is 0 Å². The largest absolute Gasteiger partial charge is 0.345 e. The van der Waals surface area contributed by atoms with Crippen LogP contribution in [0.5, 0.6) is 0 Å². The van der Waals surface area contributed by atoms with Crippen molar-refractivity contribution in [2.75, 3.05) is 6.54 Å². The maximum Gasteiger partial charge on any atom is 0.345 e. The van der Waals surface area contributed by atoms with Crippen LogP contribution in [-0.4, -0.2) is 34.8 Å². The van der Waals surface area contributed by atoms with Gasteiger partial charge in [0, 0.05) is 24.6 Å². The number of carbonyl (C=O) groups excluding carboxylic acids is 3. The van der Waals surface area contributed by atoms with E-state index in [1.165, 1.54) is 11.0 Å². The molecule has 2 amide bonds. The zero-order chi connectivity index (χ0) is 18.2. The van der Waals surface area contributed by atoms with E-state index in [0.29, 0.717) is 31.4 Å². The van der Waals surface area contributed by atoms with E-state index in [0.717, 1.165) is 12.8 Å². The molecule has 136 valence electrons. The van der Waals surface area contributed by atoms with Crippen molar-refractivity contribution in [1.29, 1.82) is 0 Å². The van der Waals surface area contributed by atoms with Gasteiger partial charge in [0.15, 0.2) is 0 Å². The van der Waals surface area contributed by atoms with Gasteiger partial charge in [-0.15, -0.1) is 0 Å². The van der Waals surface area contributed by atoms with Crippen LogP contribution in [0.3, 0.4) is 0 Å². The van der Waals surface area contributed by atoms with Gasteiger partial charge in [0.1, 0.15) is 5.60 Å². The topological polar surface area (TPSA) is 82.1 Å². The van der Waals surface area contributed by atoms with Crippen LogP contribution in [-0.2, 0) is 29.2 Å². The maximum atomic E-state index is 11.7. The van der Waals surface area contributed by atoms with Crippen LogP contribution in [0.25, 0.3) is 0 Å². The normalized spacial score (nSPS) is 15.0. The van der Waals surface area contributed by atoms with E-state index in [2.05, 4.69) is 9.93 Å². The van der Waals surface area contributed by atoms with Gasteiger partial charge in [0.25, 0.3) is 11.8 Å². The number of amides is 2. The molecule has 0 aromatic heterocycles. The highest BCUT2D eigenvalue weighted by Crippen LogP contribution is 2.17. The zero-order valence-electron chi connectivity index (χ0n) is 14.9. The molecular weight excluding hydrogens is 314 g/mol. The molecular formula is C17H27NO6. The van der Waals surface area contributed by atoms with Crippen LogP contribution >= 0.6 is 0 Å². The molecule has 0 saturated carbocycles. The van der Waals surface area contributed by atoms with Crippen molar-refractivity contribution >= 4 is 17.8 Å². The molecule has 1 aliphatic heterocycles. The Hall–Kier alpha value is -1.73. The Balaban J connectivity index is 2.08. The standard InChI is InChI=1S/C17H27NO6/c1-5-10-17(3,4)23-24-22-15(20)9-7-6-8-11-18-14(19)12-13(2)16(18)21/h12H,5-11H2,1-4H3. The second-order valence-electron chi connectivity index (χ2n) is 6.55. The second kappa shape index (κ2) is 9.54. The molecule has 0 saturated heterocycles. The average Bonchev–Trinajstić information content (AvgIpc) is 2.72. The third-order valence-corrected chi connectivity index (χ3v) is 3.69. The predicted molar refractivity (Wildman–Crippen MR) is 86.2 cm³/mol. The monoisotopic (exact) mass is 341 g/mol. The van der Waals surface area contributed by atoms with E-state index in [1.807, 2.05) is 20.8 Å². The molecule has 0 radical (unpaired) electrons. The third kappa shape index (κ3) is 6.80. The summed E-state index contributed by atoms with van der Waals surface area (Å²) in [6.45, 7) is 7.72. The van der Waals surface area contributed by atoms with E-state index < -0.39 is 11.6 Å². The molecule has 7 heteroatoms. The van der Waals surface area contributed by atoms with Crippen molar-refractivity contribution in [2.45, 2.75) is 71.8 Å². The molecule has 1 heterocycles. The lowest BCUT2D eigenvalue weighted by atomic mass is 10.0. The second-order valence-corrected chi connectivity index (χ2v) is 6.55. The molecule has 0 unspecified atom stereocenters. The molecule has 0 aromatic rings. The summed E-state index contributed by atoms with van der Waals surface area (Å²) >= 11 is 0. The zero-order valence-corrected chi connectivity index (χ0v) is 14.9.